The minimum absolute atomic E-state index is 0.0332. The van der Waals surface area contributed by atoms with Crippen molar-refractivity contribution in [1.29, 1.82) is 0 Å². The summed E-state index contributed by atoms with van der Waals surface area (Å²) in [5.41, 5.74) is 2.30. The largest absolute Gasteiger partial charge is 0.356 e. The molecule has 0 aliphatic heterocycles. The van der Waals surface area contributed by atoms with E-state index in [1.807, 2.05) is 38.5 Å². The number of anilines is 2. The lowest BCUT2D eigenvalue weighted by Crippen LogP contribution is -2.35. The number of allylic oxidation sites excluding steroid dienone is 1. The van der Waals surface area contributed by atoms with Gasteiger partial charge in [0.2, 0.25) is 11.9 Å². The van der Waals surface area contributed by atoms with Gasteiger partial charge in [-0.3, -0.25) is 14.0 Å². The van der Waals surface area contributed by atoms with Gasteiger partial charge in [-0.25, -0.2) is 4.39 Å². The van der Waals surface area contributed by atoms with Crippen LogP contribution in [0.5, 0.6) is 0 Å². The summed E-state index contributed by atoms with van der Waals surface area (Å²) in [6.07, 6.45) is 5.01. The zero-order chi connectivity index (χ0) is 24.0. The Bertz CT molecular complexity index is 1090. The van der Waals surface area contributed by atoms with Gasteiger partial charge >= 0.3 is 0 Å². The van der Waals surface area contributed by atoms with Gasteiger partial charge in [0.15, 0.2) is 0 Å². The molecule has 1 amide bonds. The van der Waals surface area contributed by atoms with E-state index in [0.29, 0.717) is 32.0 Å². The molecule has 0 atom stereocenters. The van der Waals surface area contributed by atoms with Crippen LogP contribution in [-0.2, 0) is 24.3 Å². The van der Waals surface area contributed by atoms with Crippen molar-refractivity contribution in [1.82, 2.24) is 29.9 Å². The third-order valence-corrected chi connectivity index (χ3v) is 4.95. The van der Waals surface area contributed by atoms with E-state index >= 15 is 0 Å². The highest BCUT2D eigenvalue weighted by Gasteiger charge is 2.20. The quantitative estimate of drug-likeness (QED) is 0.357. The summed E-state index contributed by atoms with van der Waals surface area (Å²) in [6.45, 7) is 13.4. The SMILES string of the molecule is C=C(C)Cn1c(CCCNC(=O)C(C)(C)C)nnc1Nc1cnn(Cc2ccc(F)cc2)c1. The maximum atomic E-state index is 13.1. The molecule has 33 heavy (non-hydrogen) atoms. The second-order valence-electron chi connectivity index (χ2n) is 9.27. The van der Waals surface area contributed by atoms with Crippen LogP contribution in [0.15, 0.2) is 48.8 Å². The number of hydrogen-bond acceptors (Lipinski definition) is 5. The Labute approximate surface area is 193 Å². The fraction of sp³-hybridized carbons (Fsp3) is 0.417. The Hall–Kier alpha value is -3.49. The number of benzene rings is 1. The molecule has 0 aliphatic carbocycles. The number of nitrogens with zero attached hydrogens (tertiary/aromatic N) is 5. The Balaban J connectivity index is 1.63. The van der Waals surface area contributed by atoms with Crippen molar-refractivity contribution in [2.75, 3.05) is 11.9 Å². The van der Waals surface area contributed by atoms with E-state index in [0.717, 1.165) is 29.1 Å². The van der Waals surface area contributed by atoms with Gasteiger partial charge in [0.05, 0.1) is 18.4 Å². The maximum Gasteiger partial charge on any atom is 0.229 e. The normalized spacial score (nSPS) is 11.4. The van der Waals surface area contributed by atoms with Crippen LogP contribution in [0.25, 0.3) is 0 Å². The van der Waals surface area contributed by atoms with Gasteiger partial charge in [-0.15, -0.1) is 10.2 Å². The van der Waals surface area contributed by atoms with Gasteiger partial charge in [0, 0.05) is 31.1 Å². The minimum atomic E-state index is -0.405. The van der Waals surface area contributed by atoms with Crippen molar-refractivity contribution in [3.05, 3.63) is 66.0 Å². The predicted octanol–water partition coefficient (Wildman–Crippen LogP) is 4.08. The second kappa shape index (κ2) is 10.4. The highest BCUT2D eigenvalue weighted by molar-refractivity contribution is 5.81. The number of aromatic nitrogens is 5. The summed E-state index contributed by atoms with van der Waals surface area (Å²) in [6, 6.07) is 6.36. The third kappa shape index (κ3) is 7.00. The summed E-state index contributed by atoms with van der Waals surface area (Å²) in [5.74, 6) is 1.20. The van der Waals surface area contributed by atoms with Crippen LogP contribution in [0.4, 0.5) is 16.0 Å². The van der Waals surface area contributed by atoms with Gasteiger partial charge in [0.1, 0.15) is 11.6 Å². The highest BCUT2D eigenvalue weighted by atomic mass is 19.1. The summed E-state index contributed by atoms with van der Waals surface area (Å²) in [7, 11) is 0. The van der Waals surface area contributed by atoms with E-state index in [2.05, 4.69) is 32.5 Å². The molecule has 2 aromatic heterocycles. The molecule has 0 saturated carbocycles. The molecule has 176 valence electrons. The molecule has 0 spiro atoms. The average Bonchev–Trinajstić information content (AvgIpc) is 3.33. The molecular formula is C24H32FN7O. The molecule has 0 unspecified atom stereocenters. The number of rotatable bonds is 10. The molecule has 3 rings (SSSR count). The number of amides is 1. The van der Waals surface area contributed by atoms with Crippen LogP contribution < -0.4 is 10.6 Å². The van der Waals surface area contributed by atoms with Gasteiger partial charge < -0.3 is 10.6 Å². The molecule has 9 heteroatoms. The molecule has 0 radical (unpaired) electrons. The van der Waals surface area contributed by atoms with Crippen molar-refractivity contribution < 1.29 is 9.18 Å². The van der Waals surface area contributed by atoms with Crippen LogP contribution in [0.2, 0.25) is 0 Å². The molecule has 0 saturated heterocycles. The molecule has 2 heterocycles. The van der Waals surface area contributed by atoms with E-state index in [1.165, 1.54) is 12.1 Å². The molecule has 0 bridgehead atoms. The standard InChI is InChI=1S/C24H32FN7O/c1-17(2)14-32-21(7-6-12-26-22(33)24(3,4)5)29-30-23(32)28-20-13-27-31(16-20)15-18-8-10-19(25)11-9-18/h8-11,13,16H,1,6-7,12,14-15H2,2-5H3,(H,26,33)(H,28,30). The van der Waals surface area contributed by atoms with Gasteiger partial charge in [-0.05, 0) is 31.0 Å². The van der Waals surface area contributed by atoms with Crippen molar-refractivity contribution in [2.45, 2.75) is 53.6 Å². The zero-order valence-electron chi connectivity index (χ0n) is 19.7. The molecule has 3 aromatic rings. The molecule has 8 nitrogen and oxygen atoms in total. The number of aryl methyl sites for hydroxylation is 1. The first kappa shape index (κ1) is 24.2. The van der Waals surface area contributed by atoms with E-state index in [9.17, 15) is 9.18 Å². The molecule has 1 aromatic carbocycles. The second-order valence-corrected chi connectivity index (χ2v) is 9.27. The summed E-state index contributed by atoms with van der Waals surface area (Å²) in [4.78, 5) is 12.0. The topological polar surface area (TPSA) is 89.7 Å². The number of halogens is 1. The minimum Gasteiger partial charge on any atom is -0.356 e. The van der Waals surface area contributed by atoms with Gasteiger partial charge in [-0.2, -0.15) is 5.10 Å². The van der Waals surface area contributed by atoms with Crippen LogP contribution >= 0.6 is 0 Å². The Morgan fingerprint density at radius 3 is 2.58 bits per heavy atom. The first-order valence-corrected chi connectivity index (χ1v) is 11.0. The van der Waals surface area contributed by atoms with E-state index in [4.69, 9.17) is 0 Å². The van der Waals surface area contributed by atoms with Gasteiger partial charge in [0.25, 0.3) is 0 Å². The first-order valence-electron chi connectivity index (χ1n) is 11.0. The van der Waals surface area contributed by atoms with Crippen LogP contribution in [0, 0.1) is 11.2 Å². The lowest BCUT2D eigenvalue weighted by molar-refractivity contribution is -0.128. The molecule has 2 N–H and O–H groups in total. The van der Waals surface area contributed by atoms with Gasteiger partial charge in [-0.1, -0.05) is 45.1 Å². The number of carbonyl (C=O) groups is 1. The predicted molar refractivity (Wildman–Crippen MR) is 127 cm³/mol. The van der Waals surface area contributed by atoms with E-state index in [1.54, 1.807) is 23.0 Å². The molecule has 0 fully saturated rings. The third-order valence-electron chi connectivity index (χ3n) is 4.95. The molecular weight excluding hydrogens is 421 g/mol. The lowest BCUT2D eigenvalue weighted by atomic mass is 9.96. The smallest absolute Gasteiger partial charge is 0.229 e. The number of carbonyl (C=O) groups excluding carboxylic acids is 1. The zero-order valence-corrected chi connectivity index (χ0v) is 19.7. The van der Waals surface area contributed by atoms with Crippen molar-refractivity contribution >= 4 is 17.5 Å². The van der Waals surface area contributed by atoms with Crippen molar-refractivity contribution in [3.63, 3.8) is 0 Å². The highest BCUT2D eigenvalue weighted by Crippen LogP contribution is 2.18. The summed E-state index contributed by atoms with van der Waals surface area (Å²) >= 11 is 0. The van der Waals surface area contributed by atoms with Crippen LogP contribution in [0.3, 0.4) is 0 Å². The van der Waals surface area contributed by atoms with Crippen LogP contribution in [0.1, 0.15) is 45.5 Å². The fourth-order valence-corrected chi connectivity index (χ4v) is 3.18. The van der Waals surface area contributed by atoms with Crippen molar-refractivity contribution in [3.8, 4) is 0 Å². The number of hydrogen-bond donors (Lipinski definition) is 2. The van der Waals surface area contributed by atoms with E-state index in [-0.39, 0.29) is 11.7 Å². The first-order chi connectivity index (χ1) is 15.6. The number of nitrogens with one attached hydrogen (secondary N) is 2. The fourth-order valence-electron chi connectivity index (χ4n) is 3.18. The average molecular weight is 454 g/mol. The maximum absolute atomic E-state index is 13.1. The Kier molecular flexibility index (Phi) is 7.63. The monoisotopic (exact) mass is 453 g/mol. The summed E-state index contributed by atoms with van der Waals surface area (Å²) < 4.78 is 16.9. The lowest BCUT2D eigenvalue weighted by Gasteiger charge is -2.17. The van der Waals surface area contributed by atoms with E-state index < -0.39 is 5.41 Å². The summed E-state index contributed by atoms with van der Waals surface area (Å²) in [5, 5.41) is 19.3. The Morgan fingerprint density at radius 1 is 1.18 bits per heavy atom. The van der Waals surface area contributed by atoms with Crippen LogP contribution in [-0.4, -0.2) is 37.0 Å². The van der Waals surface area contributed by atoms with Crippen molar-refractivity contribution in [2.24, 2.45) is 5.41 Å². The Morgan fingerprint density at radius 2 is 1.91 bits per heavy atom. The molecule has 0 aliphatic rings.